The Morgan fingerprint density at radius 2 is 1.82 bits per heavy atom. The third-order valence-corrected chi connectivity index (χ3v) is 3.70. The van der Waals surface area contributed by atoms with Crippen molar-refractivity contribution in [3.05, 3.63) is 72.3 Å². The number of rotatable bonds is 4. The molecule has 0 fully saturated rings. The van der Waals surface area contributed by atoms with Gasteiger partial charge in [0.05, 0.1) is 6.04 Å². The molecule has 1 amide bonds. The number of hydrogen-bond acceptors (Lipinski definition) is 2. The highest BCUT2D eigenvalue weighted by atomic mass is 16.2. The Labute approximate surface area is 129 Å². The lowest BCUT2D eigenvalue weighted by atomic mass is 10.1. The number of amides is 1. The van der Waals surface area contributed by atoms with Gasteiger partial charge in [-0.15, -0.1) is 0 Å². The van der Waals surface area contributed by atoms with Gasteiger partial charge in [-0.3, -0.25) is 9.48 Å². The second kappa shape index (κ2) is 5.89. The van der Waals surface area contributed by atoms with Crippen molar-refractivity contribution in [2.45, 2.75) is 13.0 Å². The number of aryl methyl sites for hydroxylation is 1. The molecule has 0 radical (unpaired) electrons. The Morgan fingerprint density at radius 1 is 1.14 bits per heavy atom. The highest BCUT2D eigenvalue weighted by Gasteiger charge is 2.14. The number of aromatic nitrogens is 3. The van der Waals surface area contributed by atoms with E-state index in [4.69, 9.17) is 0 Å². The van der Waals surface area contributed by atoms with Gasteiger partial charge in [0.1, 0.15) is 5.69 Å². The van der Waals surface area contributed by atoms with Crippen molar-refractivity contribution >= 4 is 5.91 Å². The smallest absolute Gasteiger partial charge is 0.270 e. The van der Waals surface area contributed by atoms with Crippen LogP contribution >= 0.6 is 0 Å². The molecule has 22 heavy (non-hydrogen) atoms. The fourth-order valence-corrected chi connectivity index (χ4v) is 2.39. The van der Waals surface area contributed by atoms with Crippen molar-refractivity contribution in [1.82, 2.24) is 19.7 Å². The van der Waals surface area contributed by atoms with Crippen LogP contribution < -0.4 is 5.32 Å². The van der Waals surface area contributed by atoms with Crippen LogP contribution in [0.2, 0.25) is 0 Å². The van der Waals surface area contributed by atoms with Crippen molar-refractivity contribution < 1.29 is 4.79 Å². The molecular formula is C17H18N4O. The molecule has 1 atom stereocenters. The van der Waals surface area contributed by atoms with E-state index in [1.54, 1.807) is 24.0 Å². The van der Waals surface area contributed by atoms with E-state index < -0.39 is 0 Å². The zero-order chi connectivity index (χ0) is 15.5. The van der Waals surface area contributed by atoms with Crippen LogP contribution in [0.4, 0.5) is 0 Å². The van der Waals surface area contributed by atoms with Gasteiger partial charge < -0.3 is 9.88 Å². The van der Waals surface area contributed by atoms with E-state index in [0.29, 0.717) is 5.69 Å². The average molecular weight is 294 g/mol. The highest BCUT2D eigenvalue weighted by molar-refractivity contribution is 5.92. The predicted octanol–water partition coefficient (Wildman–Crippen LogP) is 2.70. The van der Waals surface area contributed by atoms with Gasteiger partial charge in [0.15, 0.2) is 0 Å². The molecule has 1 aromatic carbocycles. The van der Waals surface area contributed by atoms with E-state index in [0.717, 1.165) is 11.3 Å². The van der Waals surface area contributed by atoms with Crippen molar-refractivity contribution in [3.8, 4) is 5.69 Å². The molecule has 0 bridgehead atoms. The Balaban J connectivity index is 1.71. The summed E-state index contributed by atoms with van der Waals surface area (Å²) in [7, 11) is 1.76. The summed E-state index contributed by atoms with van der Waals surface area (Å²) in [5.41, 5.74) is 2.71. The Hall–Kier alpha value is -2.82. The molecule has 1 N–H and O–H groups in total. The molecule has 3 rings (SSSR count). The molecule has 0 spiro atoms. The SMILES string of the molecule is CC(NC(=O)c1ccnn1C)c1ccc(-n2cccc2)cc1. The van der Waals surface area contributed by atoms with Crippen LogP contribution in [0.5, 0.6) is 0 Å². The second-order valence-electron chi connectivity index (χ2n) is 5.22. The molecular weight excluding hydrogens is 276 g/mol. The lowest BCUT2D eigenvalue weighted by Crippen LogP contribution is -2.28. The van der Waals surface area contributed by atoms with Crippen LogP contribution in [0.15, 0.2) is 61.1 Å². The van der Waals surface area contributed by atoms with Crippen LogP contribution in [0.1, 0.15) is 29.0 Å². The van der Waals surface area contributed by atoms with Crippen LogP contribution in [-0.4, -0.2) is 20.3 Å². The Kier molecular flexibility index (Phi) is 3.78. The van der Waals surface area contributed by atoms with Crippen molar-refractivity contribution in [1.29, 1.82) is 0 Å². The minimum Gasteiger partial charge on any atom is -0.344 e. The quantitative estimate of drug-likeness (QED) is 0.804. The first-order valence-electron chi connectivity index (χ1n) is 7.17. The van der Waals surface area contributed by atoms with Gasteiger partial charge in [-0.1, -0.05) is 12.1 Å². The maximum Gasteiger partial charge on any atom is 0.270 e. The summed E-state index contributed by atoms with van der Waals surface area (Å²) in [5, 5.41) is 7.00. The third-order valence-electron chi connectivity index (χ3n) is 3.70. The fraction of sp³-hybridized carbons (Fsp3) is 0.176. The topological polar surface area (TPSA) is 51.9 Å². The zero-order valence-electron chi connectivity index (χ0n) is 12.6. The molecule has 5 nitrogen and oxygen atoms in total. The summed E-state index contributed by atoms with van der Waals surface area (Å²) in [4.78, 5) is 12.2. The average Bonchev–Trinajstić information content (AvgIpc) is 3.18. The summed E-state index contributed by atoms with van der Waals surface area (Å²) in [6, 6.07) is 13.8. The van der Waals surface area contributed by atoms with Gasteiger partial charge in [0.2, 0.25) is 0 Å². The van der Waals surface area contributed by atoms with Gasteiger partial charge in [0, 0.05) is 31.3 Å². The van der Waals surface area contributed by atoms with E-state index in [9.17, 15) is 4.79 Å². The van der Waals surface area contributed by atoms with Crippen LogP contribution in [0.25, 0.3) is 5.69 Å². The summed E-state index contributed by atoms with van der Waals surface area (Å²) >= 11 is 0. The van der Waals surface area contributed by atoms with Crippen molar-refractivity contribution in [2.75, 3.05) is 0 Å². The second-order valence-corrected chi connectivity index (χ2v) is 5.22. The van der Waals surface area contributed by atoms with Gasteiger partial charge in [-0.25, -0.2) is 0 Å². The molecule has 3 aromatic rings. The molecule has 0 aliphatic rings. The first-order valence-corrected chi connectivity index (χ1v) is 7.17. The van der Waals surface area contributed by atoms with Crippen LogP contribution in [0.3, 0.4) is 0 Å². The minimum absolute atomic E-state index is 0.0684. The lowest BCUT2D eigenvalue weighted by molar-refractivity contribution is 0.0930. The van der Waals surface area contributed by atoms with Gasteiger partial charge >= 0.3 is 0 Å². The molecule has 2 heterocycles. The van der Waals surface area contributed by atoms with E-state index in [1.165, 1.54) is 0 Å². The number of nitrogens with zero attached hydrogens (tertiary/aromatic N) is 3. The van der Waals surface area contributed by atoms with Crippen molar-refractivity contribution in [2.24, 2.45) is 7.05 Å². The summed E-state index contributed by atoms with van der Waals surface area (Å²) in [6.07, 6.45) is 5.62. The first kappa shape index (κ1) is 14.1. The normalized spacial score (nSPS) is 12.1. The van der Waals surface area contributed by atoms with Gasteiger partial charge in [-0.05, 0) is 42.8 Å². The van der Waals surface area contributed by atoms with E-state index in [1.807, 2.05) is 60.3 Å². The Morgan fingerprint density at radius 3 is 2.41 bits per heavy atom. The number of carbonyl (C=O) groups excluding carboxylic acids is 1. The molecule has 2 aromatic heterocycles. The predicted molar refractivity (Wildman–Crippen MR) is 84.9 cm³/mol. The van der Waals surface area contributed by atoms with E-state index in [2.05, 4.69) is 10.4 Å². The highest BCUT2D eigenvalue weighted by Crippen LogP contribution is 2.16. The molecule has 0 saturated carbocycles. The zero-order valence-corrected chi connectivity index (χ0v) is 12.6. The number of hydrogen-bond donors (Lipinski definition) is 1. The fourth-order valence-electron chi connectivity index (χ4n) is 2.39. The molecule has 0 aliphatic heterocycles. The maximum absolute atomic E-state index is 12.2. The molecule has 0 saturated heterocycles. The van der Waals surface area contributed by atoms with E-state index in [-0.39, 0.29) is 11.9 Å². The molecule has 1 unspecified atom stereocenters. The monoisotopic (exact) mass is 294 g/mol. The number of benzene rings is 1. The number of nitrogens with one attached hydrogen (secondary N) is 1. The van der Waals surface area contributed by atoms with Gasteiger partial charge in [-0.2, -0.15) is 5.10 Å². The maximum atomic E-state index is 12.2. The largest absolute Gasteiger partial charge is 0.344 e. The minimum atomic E-state index is -0.123. The van der Waals surface area contributed by atoms with Crippen molar-refractivity contribution in [3.63, 3.8) is 0 Å². The first-order chi connectivity index (χ1) is 10.6. The molecule has 0 aliphatic carbocycles. The molecule has 112 valence electrons. The van der Waals surface area contributed by atoms with Crippen LogP contribution in [0, 0.1) is 0 Å². The van der Waals surface area contributed by atoms with E-state index >= 15 is 0 Å². The van der Waals surface area contributed by atoms with Crippen LogP contribution in [-0.2, 0) is 7.05 Å². The standard InChI is InChI=1S/C17H18N4O/c1-13(19-17(22)16-9-10-18-20(16)2)14-5-7-15(8-6-14)21-11-3-4-12-21/h3-13H,1-2H3,(H,19,22). The van der Waals surface area contributed by atoms with Gasteiger partial charge in [0.25, 0.3) is 5.91 Å². The third kappa shape index (κ3) is 2.79. The Bertz CT molecular complexity index is 756. The lowest BCUT2D eigenvalue weighted by Gasteiger charge is -2.15. The number of carbonyl (C=O) groups is 1. The molecule has 5 heteroatoms. The summed E-state index contributed by atoms with van der Waals surface area (Å²) < 4.78 is 3.61. The summed E-state index contributed by atoms with van der Waals surface area (Å²) in [5.74, 6) is -0.123. The summed E-state index contributed by atoms with van der Waals surface area (Å²) in [6.45, 7) is 1.97.